The van der Waals surface area contributed by atoms with Gasteiger partial charge in [-0.05, 0) is 42.5 Å². The molecule has 7 nitrogen and oxygen atoms in total. The van der Waals surface area contributed by atoms with Crippen molar-refractivity contribution in [2.75, 3.05) is 26.1 Å². The Hall–Kier alpha value is -4.00. The summed E-state index contributed by atoms with van der Waals surface area (Å²) in [6, 6.07) is 21.2. The Labute approximate surface area is 180 Å². The number of nitrogens with one attached hydrogen (secondary N) is 2. The van der Waals surface area contributed by atoms with Crippen molar-refractivity contribution in [3.05, 3.63) is 83.9 Å². The second kappa shape index (κ2) is 10.7. The van der Waals surface area contributed by atoms with E-state index in [-0.39, 0.29) is 18.4 Å². The third-order valence-electron chi connectivity index (χ3n) is 4.47. The third-order valence-corrected chi connectivity index (χ3v) is 4.47. The van der Waals surface area contributed by atoms with Crippen LogP contribution in [0.1, 0.15) is 15.9 Å². The van der Waals surface area contributed by atoms with Gasteiger partial charge in [-0.2, -0.15) is 0 Å². The molecule has 0 aliphatic carbocycles. The van der Waals surface area contributed by atoms with Crippen LogP contribution < -0.4 is 24.8 Å². The highest BCUT2D eigenvalue weighted by molar-refractivity contribution is 5.94. The van der Waals surface area contributed by atoms with E-state index in [1.54, 1.807) is 62.8 Å². The number of carbonyl (C=O) groups excluding carboxylic acids is 2. The second-order valence-electron chi connectivity index (χ2n) is 6.59. The molecule has 2 amide bonds. The van der Waals surface area contributed by atoms with E-state index in [0.29, 0.717) is 29.3 Å². The number of ether oxygens (including phenoxy) is 3. The summed E-state index contributed by atoms with van der Waals surface area (Å²) in [5.74, 6) is 1.35. The Kier molecular flexibility index (Phi) is 7.48. The van der Waals surface area contributed by atoms with Crippen molar-refractivity contribution < 1.29 is 23.8 Å². The molecule has 0 fully saturated rings. The van der Waals surface area contributed by atoms with Crippen molar-refractivity contribution >= 4 is 17.5 Å². The van der Waals surface area contributed by atoms with E-state index in [0.717, 1.165) is 11.3 Å². The normalized spacial score (nSPS) is 10.1. The van der Waals surface area contributed by atoms with Crippen LogP contribution in [0.15, 0.2) is 72.8 Å². The van der Waals surface area contributed by atoms with Crippen molar-refractivity contribution in [2.24, 2.45) is 0 Å². The smallest absolute Gasteiger partial charge is 0.262 e. The lowest BCUT2D eigenvalue weighted by molar-refractivity contribution is -0.118. The van der Waals surface area contributed by atoms with Gasteiger partial charge in [-0.3, -0.25) is 9.59 Å². The van der Waals surface area contributed by atoms with Gasteiger partial charge in [0.1, 0.15) is 17.2 Å². The molecule has 3 aromatic rings. The number of anilines is 1. The molecule has 0 saturated carbocycles. The summed E-state index contributed by atoms with van der Waals surface area (Å²) in [4.78, 5) is 24.5. The number of para-hydroxylation sites is 1. The molecule has 160 valence electrons. The average Bonchev–Trinajstić information content (AvgIpc) is 2.81. The minimum Gasteiger partial charge on any atom is -0.497 e. The lowest BCUT2D eigenvalue weighted by Crippen LogP contribution is -2.23. The number of hydrogen-bond donors (Lipinski definition) is 2. The molecule has 0 bridgehead atoms. The molecule has 0 aromatic heterocycles. The first-order valence-electron chi connectivity index (χ1n) is 9.66. The summed E-state index contributed by atoms with van der Waals surface area (Å²) in [6.07, 6.45) is 0. The first kappa shape index (κ1) is 21.7. The maximum Gasteiger partial charge on any atom is 0.262 e. The number of hydrogen-bond acceptors (Lipinski definition) is 5. The fourth-order valence-electron chi connectivity index (χ4n) is 2.88. The van der Waals surface area contributed by atoms with Crippen LogP contribution in [0.2, 0.25) is 0 Å². The highest BCUT2D eigenvalue weighted by Gasteiger charge is 2.09. The largest absolute Gasteiger partial charge is 0.497 e. The zero-order chi connectivity index (χ0) is 22.1. The standard InChI is InChI=1S/C24H24N2O5/c1-29-21-8-5-7-19(14-21)26-23(27)16-31-20-12-10-17(11-13-20)24(28)25-15-18-6-3-4-9-22(18)30-2/h3-14H,15-16H2,1-2H3,(H,25,28)(H,26,27). The van der Waals surface area contributed by atoms with Gasteiger partial charge in [0.15, 0.2) is 6.61 Å². The quantitative estimate of drug-likeness (QED) is 0.552. The van der Waals surface area contributed by atoms with E-state index >= 15 is 0 Å². The highest BCUT2D eigenvalue weighted by atomic mass is 16.5. The maximum atomic E-state index is 12.4. The zero-order valence-electron chi connectivity index (χ0n) is 17.4. The van der Waals surface area contributed by atoms with Gasteiger partial charge in [0.25, 0.3) is 11.8 Å². The van der Waals surface area contributed by atoms with Crippen LogP contribution in [0, 0.1) is 0 Å². The van der Waals surface area contributed by atoms with Crippen molar-refractivity contribution in [1.29, 1.82) is 0 Å². The number of rotatable bonds is 9. The van der Waals surface area contributed by atoms with E-state index < -0.39 is 0 Å². The van der Waals surface area contributed by atoms with Crippen LogP contribution in [0.4, 0.5) is 5.69 Å². The second-order valence-corrected chi connectivity index (χ2v) is 6.59. The monoisotopic (exact) mass is 420 g/mol. The minimum absolute atomic E-state index is 0.156. The van der Waals surface area contributed by atoms with E-state index in [2.05, 4.69) is 10.6 Å². The highest BCUT2D eigenvalue weighted by Crippen LogP contribution is 2.18. The third kappa shape index (κ3) is 6.24. The molecule has 7 heteroatoms. The van der Waals surface area contributed by atoms with E-state index in [1.165, 1.54) is 0 Å². The molecule has 0 atom stereocenters. The number of carbonyl (C=O) groups is 2. The van der Waals surface area contributed by atoms with Crippen molar-refractivity contribution in [3.63, 3.8) is 0 Å². The Morgan fingerprint density at radius 1 is 0.839 bits per heavy atom. The molecule has 0 saturated heterocycles. The molecule has 0 radical (unpaired) electrons. The summed E-state index contributed by atoms with van der Waals surface area (Å²) in [5, 5.41) is 5.60. The summed E-state index contributed by atoms with van der Waals surface area (Å²) >= 11 is 0. The van der Waals surface area contributed by atoms with Gasteiger partial charge in [-0.1, -0.05) is 24.3 Å². The Bertz CT molecular complexity index is 1030. The van der Waals surface area contributed by atoms with E-state index in [1.807, 2.05) is 24.3 Å². The molecule has 31 heavy (non-hydrogen) atoms. The Morgan fingerprint density at radius 3 is 2.35 bits per heavy atom. The number of amides is 2. The van der Waals surface area contributed by atoms with Crippen LogP contribution in [0.5, 0.6) is 17.2 Å². The molecule has 3 aromatic carbocycles. The predicted molar refractivity (Wildman–Crippen MR) is 118 cm³/mol. The number of benzene rings is 3. The van der Waals surface area contributed by atoms with Crippen LogP contribution in [0.25, 0.3) is 0 Å². The molecule has 0 aliphatic rings. The Balaban J connectivity index is 1.49. The van der Waals surface area contributed by atoms with Gasteiger partial charge in [-0.25, -0.2) is 0 Å². The van der Waals surface area contributed by atoms with Gasteiger partial charge in [0, 0.05) is 29.4 Å². The molecule has 3 rings (SSSR count). The summed E-state index contributed by atoms with van der Waals surface area (Å²) in [6.45, 7) is 0.197. The van der Waals surface area contributed by atoms with Crippen LogP contribution in [0.3, 0.4) is 0 Å². The summed E-state index contributed by atoms with van der Waals surface area (Å²) in [5.41, 5.74) is 2.00. The maximum absolute atomic E-state index is 12.4. The van der Waals surface area contributed by atoms with E-state index in [9.17, 15) is 9.59 Å². The topological polar surface area (TPSA) is 85.9 Å². The van der Waals surface area contributed by atoms with Gasteiger partial charge >= 0.3 is 0 Å². The number of methoxy groups -OCH3 is 2. The molecule has 0 spiro atoms. The van der Waals surface area contributed by atoms with Crippen LogP contribution in [-0.4, -0.2) is 32.6 Å². The van der Waals surface area contributed by atoms with Gasteiger partial charge in [0.2, 0.25) is 0 Å². The summed E-state index contributed by atoms with van der Waals surface area (Å²) in [7, 11) is 3.16. The molecule has 0 heterocycles. The molecule has 2 N–H and O–H groups in total. The minimum atomic E-state index is -0.299. The molecular weight excluding hydrogens is 396 g/mol. The molecule has 0 unspecified atom stereocenters. The summed E-state index contributed by atoms with van der Waals surface area (Å²) < 4.78 is 15.9. The van der Waals surface area contributed by atoms with E-state index in [4.69, 9.17) is 14.2 Å². The van der Waals surface area contributed by atoms with Gasteiger partial charge in [-0.15, -0.1) is 0 Å². The SMILES string of the molecule is COc1cccc(NC(=O)COc2ccc(C(=O)NCc3ccccc3OC)cc2)c1. The molecule has 0 aliphatic heterocycles. The van der Waals surface area contributed by atoms with Crippen molar-refractivity contribution in [2.45, 2.75) is 6.54 Å². The average molecular weight is 420 g/mol. The van der Waals surface area contributed by atoms with Crippen molar-refractivity contribution in [3.8, 4) is 17.2 Å². The first-order valence-corrected chi connectivity index (χ1v) is 9.66. The van der Waals surface area contributed by atoms with Gasteiger partial charge in [0.05, 0.1) is 14.2 Å². The van der Waals surface area contributed by atoms with Crippen LogP contribution in [-0.2, 0) is 11.3 Å². The lowest BCUT2D eigenvalue weighted by Gasteiger charge is -2.10. The van der Waals surface area contributed by atoms with Gasteiger partial charge < -0.3 is 24.8 Å². The fraction of sp³-hybridized carbons (Fsp3) is 0.167. The predicted octanol–water partition coefficient (Wildman–Crippen LogP) is 3.65. The fourth-order valence-corrected chi connectivity index (χ4v) is 2.88. The Morgan fingerprint density at radius 2 is 1.61 bits per heavy atom. The zero-order valence-corrected chi connectivity index (χ0v) is 17.4. The van der Waals surface area contributed by atoms with Crippen molar-refractivity contribution in [1.82, 2.24) is 5.32 Å². The van der Waals surface area contributed by atoms with Crippen LogP contribution >= 0.6 is 0 Å². The molecular formula is C24H24N2O5. The first-order chi connectivity index (χ1) is 15.1. The lowest BCUT2D eigenvalue weighted by atomic mass is 10.1.